The summed E-state index contributed by atoms with van der Waals surface area (Å²) in [6.07, 6.45) is 0. The highest BCUT2D eigenvalue weighted by Gasteiger charge is 1.97. The van der Waals surface area contributed by atoms with Gasteiger partial charge in [-0.25, -0.2) is 4.79 Å². The zero-order valence-corrected chi connectivity index (χ0v) is 9.26. The van der Waals surface area contributed by atoms with Crippen LogP contribution < -0.4 is 0 Å². The highest BCUT2D eigenvalue weighted by atomic mass is 31.0. The van der Waals surface area contributed by atoms with Crippen LogP contribution in [-0.4, -0.2) is 12.6 Å². The van der Waals surface area contributed by atoms with Crippen molar-refractivity contribution in [3.63, 3.8) is 0 Å². The first-order valence-electron chi connectivity index (χ1n) is 4.34. The van der Waals surface area contributed by atoms with Crippen LogP contribution in [0, 0.1) is 11.8 Å². The van der Waals surface area contributed by atoms with E-state index in [0.29, 0.717) is 0 Å². The van der Waals surface area contributed by atoms with Gasteiger partial charge in [-0.1, -0.05) is 36.3 Å². The third-order valence-corrected chi connectivity index (χ3v) is 1.73. The van der Waals surface area contributed by atoms with E-state index in [1.165, 1.54) is 0 Å². The summed E-state index contributed by atoms with van der Waals surface area (Å²) >= 11 is 0. The number of hydrogen-bond acceptors (Lipinski definition) is 3. The second-order valence-corrected chi connectivity index (χ2v) is 3.01. The van der Waals surface area contributed by atoms with E-state index in [9.17, 15) is 4.79 Å². The summed E-state index contributed by atoms with van der Waals surface area (Å²) in [5.41, 5.74) is 0.940. The number of ether oxygens (including phenoxy) is 1. The number of carbonyl (C=O) groups excluding carboxylic acids is 1. The Morgan fingerprint density at radius 1 is 1.33 bits per heavy atom. The topological polar surface area (TPSA) is 35.5 Å². The normalized spacial score (nSPS) is 8.87. The Hall–Kier alpha value is -1.36. The highest BCUT2D eigenvalue weighted by molar-refractivity contribution is 7.09. The average Bonchev–Trinajstić information content (AvgIpc) is 2.28. The molecule has 0 aliphatic carbocycles. The van der Waals surface area contributed by atoms with Crippen LogP contribution in [0.4, 0.5) is 0 Å². The molecule has 0 spiro atoms. The van der Waals surface area contributed by atoms with Gasteiger partial charge in [-0.15, -0.1) is 0 Å². The molecule has 1 aromatic carbocycles. The van der Waals surface area contributed by atoms with E-state index in [4.69, 9.17) is 4.74 Å². The Labute approximate surface area is 91.1 Å². The monoisotopic (exact) mass is 222 g/mol. The lowest BCUT2D eigenvalue weighted by Gasteiger charge is -1.99. The Morgan fingerprint density at radius 2 is 2.07 bits per heavy atom. The number of rotatable bonds is 3. The second-order valence-electron chi connectivity index (χ2n) is 2.67. The van der Waals surface area contributed by atoms with Crippen LogP contribution in [0.25, 0.3) is 0 Å². The molecule has 0 aliphatic rings. The minimum atomic E-state index is -0.541. The van der Waals surface area contributed by atoms with Crippen LogP contribution in [0.5, 0.6) is 0 Å². The van der Waals surface area contributed by atoms with Crippen molar-refractivity contribution in [1.82, 2.24) is 0 Å². The van der Waals surface area contributed by atoms with E-state index in [2.05, 4.69) is 25.8 Å². The predicted octanol–water partition coefficient (Wildman–Crippen LogP) is 1.54. The van der Waals surface area contributed by atoms with Gasteiger partial charge >= 0.3 is 5.97 Å². The number of benzene rings is 1. The quantitative estimate of drug-likeness (QED) is 0.337. The largest absolute Gasteiger partial charge is 0.451 e. The lowest BCUT2D eigenvalue weighted by atomic mass is 10.2. The maximum absolute atomic E-state index is 11.0. The molecule has 0 fully saturated rings. The molecular weight excluding hydrogens is 211 g/mol. The molecule has 0 saturated carbocycles. The van der Waals surface area contributed by atoms with Gasteiger partial charge in [0, 0.05) is 15.4 Å². The van der Waals surface area contributed by atoms with Crippen LogP contribution >= 0.6 is 9.47 Å². The van der Waals surface area contributed by atoms with Crippen LogP contribution in [0.1, 0.15) is 5.56 Å². The van der Waals surface area contributed by atoms with Crippen LogP contribution in [0.15, 0.2) is 30.3 Å². The van der Waals surface area contributed by atoms with Crippen LogP contribution in [-0.2, 0) is 20.7 Å². The lowest BCUT2D eigenvalue weighted by Crippen LogP contribution is -2.01. The maximum atomic E-state index is 11.0. The molecule has 78 valence electrons. The molecule has 0 aliphatic heterocycles. The van der Waals surface area contributed by atoms with Crippen molar-refractivity contribution >= 4 is 15.4 Å². The number of carbonyl (C=O) groups is 1. The molecule has 1 atom stereocenters. The average molecular weight is 222 g/mol. The van der Waals surface area contributed by atoms with Gasteiger partial charge in [0.15, 0.2) is 0 Å². The summed E-state index contributed by atoms with van der Waals surface area (Å²) in [5, 5.41) is 0. The first-order valence-corrected chi connectivity index (χ1v) is 4.81. The van der Waals surface area contributed by atoms with E-state index in [-0.39, 0.29) is 13.2 Å². The molecule has 0 aromatic heterocycles. The molecule has 0 radical (unpaired) electrons. The smallest absolute Gasteiger partial charge is 0.384 e. The summed E-state index contributed by atoms with van der Waals surface area (Å²) in [6.45, 7) is 0.446. The summed E-state index contributed by atoms with van der Waals surface area (Å²) in [6, 6.07) is 9.44. The minimum Gasteiger partial charge on any atom is -0.451 e. The van der Waals surface area contributed by atoms with Crippen molar-refractivity contribution < 1.29 is 14.1 Å². The van der Waals surface area contributed by atoms with Gasteiger partial charge in [0.05, 0.1) is 0 Å². The summed E-state index contributed by atoms with van der Waals surface area (Å²) in [5.74, 6) is 4.27. The van der Waals surface area contributed by atoms with E-state index in [0.717, 1.165) is 5.56 Å². The third kappa shape index (κ3) is 5.17. The van der Waals surface area contributed by atoms with Gasteiger partial charge in [0.1, 0.15) is 13.2 Å². The van der Waals surface area contributed by atoms with Crippen LogP contribution in [0.3, 0.4) is 0 Å². The second kappa shape index (κ2) is 7.00. The lowest BCUT2D eigenvalue weighted by molar-refractivity contribution is -0.137. The standard InChI is InChI=1S/C11H11O3P/c12-11(7-4-8-14-15)13-9-10-5-2-1-3-6-10/h1-3,5-6H,8-9,15H2. The fraction of sp³-hybridized carbons (Fsp3) is 0.182. The fourth-order valence-corrected chi connectivity index (χ4v) is 0.992. The Morgan fingerprint density at radius 3 is 2.73 bits per heavy atom. The highest BCUT2D eigenvalue weighted by Crippen LogP contribution is 2.00. The van der Waals surface area contributed by atoms with Gasteiger partial charge in [-0.05, 0) is 5.56 Å². The molecule has 1 unspecified atom stereocenters. The molecular formula is C11H11O3P. The molecule has 1 aromatic rings. The van der Waals surface area contributed by atoms with Gasteiger partial charge in [-0.3, -0.25) is 0 Å². The maximum Gasteiger partial charge on any atom is 0.384 e. The van der Waals surface area contributed by atoms with Crippen molar-refractivity contribution in [1.29, 1.82) is 0 Å². The Kier molecular flexibility index (Phi) is 5.47. The first kappa shape index (κ1) is 11.7. The molecule has 1 rings (SSSR count). The molecule has 0 N–H and O–H groups in total. The van der Waals surface area contributed by atoms with Crippen molar-refractivity contribution in [2.45, 2.75) is 6.61 Å². The van der Waals surface area contributed by atoms with E-state index >= 15 is 0 Å². The summed E-state index contributed by atoms with van der Waals surface area (Å²) in [4.78, 5) is 11.0. The first-order chi connectivity index (χ1) is 7.33. The molecule has 3 nitrogen and oxygen atoms in total. The molecule has 0 heterocycles. The number of hydrogen-bond donors (Lipinski definition) is 0. The fourth-order valence-electron chi connectivity index (χ4n) is 0.909. The summed E-state index contributed by atoms with van der Waals surface area (Å²) < 4.78 is 9.49. The predicted molar refractivity (Wildman–Crippen MR) is 59.7 cm³/mol. The van der Waals surface area contributed by atoms with Crippen molar-refractivity contribution in [2.75, 3.05) is 6.61 Å². The Balaban J connectivity index is 2.33. The van der Waals surface area contributed by atoms with E-state index < -0.39 is 5.97 Å². The molecule has 0 bridgehead atoms. The Bertz CT molecular complexity index is 364. The van der Waals surface area contributed by atoms with Gasteiger partial charge in [0.25, 0.3) is 0 Å². The SMILES string of the molecule is O=C(C#CCOP)OCc1ccccc1. The van der Waals surface area contributed by atoms with Crippen molar-refractivity contribution in [3.05, 3.63) is 35.9 Å². The van der Waals surface area contributed by atoms with Gasteiger partial charge in [0.2, 0.25) is 0 Å². The molecule has 0 saturated heterocycles. The molecule has 15 heavy (non-hydrogen) atoms. The van der Waals surface area contributed by atoms with Crippen LogP contribution in [0.2, 0.25) is 0 Å². The zero-order chi connectivity index (χ0) is 10.9. The van der Waals surface area contributed by atoms with E-state index in [1.54, 1.807) is 0 Å². The van der Waals surface area contributed by atoms with Crippen molar-refractivity contribution in [3.8, 4) is 11.8 Å². The molecule has 4 heteroatoms. The van der Waals surface area contributed by atoms with E-state index in [1.807, 2.05) is 30.3 Å². The summed E-state index contributed by atoms with van der Waals surface area (Å²) in [7, 11) is 2.05. The molecule has 0 amide bonds. The van der Waals surface area contributed by atoms with Gasteiger partial charge in [-0.2, -0.15) is 0 Å². The minimum absolute atomic E-state index is 0.200. The number of esters is 1. The van der Waals surface area contributed by atoms with Gasteiger partial charge < -0.3 is 9.26 Å². The van der Waals surface area contributed by atoms with Crippen molar-refractivity contribution in [2.24, 2.45) is 0 Å². The third-order valence-electron chi connectivity index (χ3n) is 1.56. The zero-order valence-electron chi connectivity index (χ0n) is 8.10.